The molecule has 0 aromatic carbocycles. The van der Waals surface area contributed by atoms with E-state index in [0.717, 1.165) is 0 Å². The molecule has 102 valence electrons. The third kappa shape index (κ3) is 4.73. The Kier molecular flexibility index (Phi) is 7.01. The van der Waals surface area contributed by atoms with Crippen molar-refractivity contribution in [2.24, 2.45) is 0 Å². The summed E-state index contributed by atoms with van der Waals surface area (Å²) in [5, 5.41) is 0. The largest absolute Gasteiger partial charge is 0.340 e. The highest BCUT2D eigenvalue weighted by atomic mass is 16.2. The van der Waals surface area contributed by atoms with Gasteiger partial charge in [0.25, 0.3) is 0 Å². The number of amides is 2. The van der Waals surface area contributed by atoms with Crippen molar-refractivity contribution in [2.75, 3.05) is 26.7 Å². The molecule has 0 radical (unpaired) electrons. The molecule has 0 heterocycles. The van der Waals surface area contributed by atoms with Gasteiger partial charge < -0.3 is 9.80 Å². The van der Waals surface area contributed by atoms with Crippen LogP contribution in [-0.4, -0.2) is 48.3 Å². The minimum Gasteiger partial charge on any atom is -0.340 e. The summed E-state index contributed by atoms with van der Waals surface area (Å²) in [7, 11) is 1.70. The van der Waals surface area contributed by atoms with Crippen molar-refractivity contribution in [3.63, 3.8) is 0 Å². The molecule has 0 unspecified atom stereocenters. The Labute approximate surface area is 110 Å². The van der Waals surface area contributed by atoms with Crippen LogP contribution in [0.4, 0.5) is 0 Å². The van der Waals surface area contributed by atoms with Gasteiger partial charge in [-0.15, -0.1) is 0 Å². The molecular weight excluding hydrogens is 228 g/mol. The zero-order valence-corrected chi connectivity index (χ0v) is 12.1. The van der Waals surface area contributed by atoms with Gasteiger partial charge in [-0.3, -0.25) is 9.59 Å². The van der Waals surface area contributed by atoms with E-state index in [2.05, 4.69) is 6.58 Å². The van der Waals surface area contributed by atoms with Crippen molar-refractivity contribution in [2.45, 2.75) is 27.7 Å². The lowest BCUT2D eigenvalue weighted by Gasteiger charge is -2.20. The third-order valence-electron chi connectivity index (χ3n) is 2.77. The molecule has 4 nitrogen and oxygen atoms in total. The second kappa shape index (κ2) is 7.69. The predicted molar refractivity (Wildman–Crippen MR) is 74.1 cm³/mol. The molecule has 0 rings (SSSR count). The molecule has 0 atom stereocenters. The van der Waals surface area contributed by atoms with E-state index in [1.54, 1.807) is 36.8 Å². The highest BCUT2D eigenvalue weighted by Crippen LogP contribution is 2.03. The first-order valence-corrected chi connectivity index (χ1v) is 6.22. The molecule has 0 aliphatic rings. The van der Waals surface area contributed by atoms with Gasteiger partial charge >= 0.3 is 0 Å². The van der Waals surface area contributed by atoms with Gasteiger partial charge in [-0.1, -0.05) is 12.7 Å². The van der Waals surface area contributed by atoms with Gasteiger partial charge in [-0.2, -0.15) is 0 Å². The van der Waals surface area contributed by atoms with Crippen LogP contribution in [0.2, 0.25) is 0 Å². The molecule has 0 saturated heterocycles. The van der Waals surface area contributed by atoms with E-state index >= 15 is 0 Å². The quantitative estimate of drug-likeness (QED) is 0.677. The number of rotatable bonds is 6. The van der Waals surface area contributed by atoms with E-state index in [4.69, 9.17) is 0 Å². The molecule has 2 amide bonds. The SMILES string of the molecule is C=C(C)C(=O)N(C)C/C=C(\C)C(=O)N(CC)CC. The minimum atomic E-state index is -0.102. The van der Waals surface area contributed by atoms with E-state index in [1.165, 1.54) is 0 Å². The fourth-order valence-electron chi connectivity index (χ4n) is 1.53. The highest BCUT2D eigenvalue weighted by Gasteiger charge is 2.12. The van der Waals surface area contributed by atoms with E-state index in [0.29, 0.717) is 30.8 Å². The Morgan fingerprint density at radius 1 is 1.11 bits per heavy atom. The number of likely N-dealkylation sites (N-methyl/N-ethyl adjacent to an activating group) is 2. The molecule has 0 spiro atoms. The lowest BCUT2D eigenvalue weighted by atomic mass is 10.2. The lowest BCUT2D eigenvalue weighted by molar-refractivity contribution is -0.127. The van der Waals surface area contributed by atoms with E-state index in [-0.39, 0.29) is 11.8 Å². The molecule has 0 aromatic rings. The molecule has 0 aliphatic carbocycles. The van der Waals surface area contributed by atoms with Crippen LogP contribution in [0.3, 0.4) is 0 Å². The van der Waals surface area contributed by atoms with Crippen LogP contribution in [0.5, 0.6) is 0 Å². The maximum absolute atomic E-state index is 12.0. The van der Waals surface area contributed by atoms with Gasteiger partial charge in [-0.05, 0) is 27.7 Å². The first-order valence-electron chi connectivity index (χ1n) is 6.22. The third-order valence-corrected chi connectivity index (χ3v) is 2.77. The van der Waals surface area contributed by atoms with Gasteiger partial charge in [0, 0.05) is 37.8 Å². The van der Waals surface area contributed by atoms with Crippen molar-refractivity contribution < 1.29 is 9.59 Å². The van der Waals surface area contributed by atoms with E-state index in [9.17, 15) is 9.59 Å². The second-order valence-electron chi connectivity index (χ2n) is 4.33. The maximum Gasteiger partial charge on any atom is 0.249 e. The van der Waals surface area contributed by atoms with Crippen LogP contribution in [0.1, 0.15) is 27.7 Å². The van der Waals surface area contributed by atoms with Gasteiger partial charge in [0.1, 0.15) is 0 Å². The molecule has 18 heavy (non-hydrogen) atoms. The summed E-state index contributed by atoms with van der Waals surface area (Å²) in [5.74, 6) is -0.0782. The fourth-order valence-corrected chi connectivity index (χ4v) is 1.53. The van der Waals surface area contributed by atoms with Gasteiger partial charge in [-0.25, -0.2) is 0 Å². The first kappa shape index (κ1) is 16.4. The highest BCUT2D eigenvalue weighted by molar-refractivity contribution is 5.94. The Morgan fingerprint density at radius 3 is 2.00 bits per heavy atom. The van der Waals surface area contributed by atoms with Gasteiger partial charge in [0.15, 0.2) is 0 Å². The minimum absolute atomic E-state index is 0.0242. The molecule has 0 bridgehead atoms. The van der Waals surface area contributed by atoms with Crippen molar-refractivity contribution in [1.29, 1.82) is 0 Å². The van der Waals surface area contributed by atoms with Gasteiger partial charge in [0.05, 0.1) is 0 Å². The van der Waals surface area contributed by atoms with Crippen molar-refractivity contribution in [3.8, 4) is 0 Å². The van der Waals surface area contributed by atoms with Crippen LogP contribution < -0.4 is 0 Å². The monoisotopic (exact) mass is 252 g/mol. The predicted octanol–water partition coefficient (Wildman–Crippen LogP) is 1.84. The second-order valence-corrected chi connectivity index (χ2v) is 4.33. The van der Waals surface area contributed by atoms with Crippen LogP contribution in [0.15, 0.2) is 23.8 Å². The summed E-state index contributed by atoms with van der Waals surface area (Å²) in [6.45, 7) is 12.8. The molecule has 0 aromatic heterocycles. The van der Waals surface area contributed by atoms with Crippen molar-refractivity contribution >= 4 is 11.8 Å². The summed E-state index contributed by atoms with van der Waals surface area (Å²) in [5.41, 5.74) is 1.17. The number of carbonyl (C=O) groups is 2. The number of nitrogens with zero attached hydrogens (tertiary/aromatic N) is 2. The zero-order chi connectivity index (χ0) is 14.3. The van der Waals surface area contributed by atoms with E-state index in [1.807, 2.05) is 13.8 Å². The zero-order valence-electron chi connectivity index (χ0n) is 12.1. The molecule has 0 saturated carbocycles. The Balaban J connectivity index is 4.56. The summed E-state index contributed by atoms with van der Waals surface area (Å²) in [4.78, 5) is 26.8. The summed E-state index contributed by atoms with van der Waals surface area (Å²) < 4.78 is 0. The van der Waals surface area contributed by atoms with Crippen LogP contribution in [-0.2, 0) is 9.59 Å². The molecule has 0 N–H and O–H groups in total. The van der Waals surface area contributed by atoms with Crippen LogP contribution >= 0.6 is 0 Å². The topological polar surface area (TPSA) is 40.6 Å². The number of carbonyl (C=O) groups excluding carboxylic acids is 2. The smallest absolute Gasteiger partial charge is 0.249 e. The first-order chi connectivity index (χ1) is 8.34. The summed E-state index contributed by atoms with van der Waals surface area (Å²) >= 11 is 0. The van der Waals surface area contributed by atoms with Crippen molar-refractivity contribution in [1.82, 2.24) is 9.80 Å². The Bertz CT molecular complexity index is 355. The van der Waals surface area contributed by atoms with E-state index < -0.39 is 0 Å². The maximum atomic E-state index is 12.0. The summed E-state index contributed by atoms with van der Waals surface area (Å²) in [6.07, 6.45) is 1.78. The number of hydrogen-bond donors (Lipinski definition) is 0. The molecular formula is C14H24N2O2. The van der Waals surface area contributed by atoms with Crippen LogP contribution in [0.25, 0.3) is 0 Å². The normalized spacial score (nSPS) is 11.1. The number of hydrogen-bond acceptors (Lipinski definition) is 2. The Hall–Kier alpha value is -1.58. The average Bonchev–Trinajstić information content (AvgIpc) is 2.35. The molecule has 0 fully saturated rings. The lowest BCUT2D eigenvalue weighted by Crippen LogP contribution is -2.32. The van der Waals surface area contributed by atoms with Crippen LogP contribution in [0, 0.1) is 0 Å². The standard InChI is InChI=1S/C14H24N2O2/c1-7-16(8-2)14(18)12(5)9-10-15(6)13(17)11(3)4/h9H,3,7-8,10H2,1-2,4-6H3/b12-9+. The fraction of sp³-hybridized carbons (Fsp3) is 0.571. The van der Waals surface area contributed by atoms with Gasteiger partial charge in [0.2, 0.25) is 11.8 Å². The molecule has 0 aliphatic heterocycles. The average molecular weight is 252 g/mol. The summed E-state index contributed by atoms with van der Waals surface area (Å²) in [6, 6.07) is 0. The van der Waals surface area contributed by atoms with Crippen molar-refractivity contribution in [3.05, 3.63) is 23.8 Å². The molecule has 4 heteroatoms. The Morgan fingerprint density at radius 2 is 1.61 bits per heavy atom.